The molecule has 1 aromatic rings. The number of likely N-dealkylation sites (N-methyl/N-ethyl adjacent to an activating group) is 1. The van der Waals surface area contributed by atoms with Crippen molar-refractivity contribution < 1.29 is 9.90 Å². The molecule has 6 nitrogen and oxygen atoms in total. The molecule has 110 valence electrons. The van der Waals surface area contributed by atoms with E-state index < -0.39 is 5.97 Å². The molecule has 1 aliphatic heterocycles. The molecule has 20 heavy (non-hydrogen) atoms. The molecule has 0 radical (unpaired) electrons. The minimum Gasteiger partial charge on any atom is -0.477 e. The zero-order valence-electron chi connectivity index (χ0n) is 12.2. The van der Waals surface area contributed by atoms with Crippen LogP contribution in [0.2, 0.25) is 0 Å². The van der Waals surface area contributed by atoms with Gasteiger partial charge in [-0.1, -0.05) is 0 Å². The van der Waals surface area contributed by atoms with E-state index in [-0.39, 0.29) is 5.69 Å². The van der Waals surface area contributed by atoms with E-state index in [0.717, 1.165) is 32.7 Å². The Kier molecular flexibility index (Phi) is 4.89. The number of nitrogens with zero attached hydrogens (tertiary/aromatic N) is 4. The Morgan fingerprint density at radius 3 is 2.70 bits per heavy atom. The molecule has 0 unspecified atom stereocenters. The molecule has 6 heteroatoms. The van der Waals surface area contributed by atoms with Gasteiger partial charge in [0.2, 0.25) is 5.95 Å². The van der Waals surface area contributed by atoms with Crippen molar-refractivity contribution in [2.45, 2.75) is 26.7 Å². The lowest BCUT2D eigenvalue weighted by atomic mass is 10.3. The summed E-state index contributed by atoms with van der Waals surface area (Å²) in [5.41, 5.74) is 0.749. The third-order valence-corrected chi connectivity index (χ3v) is 3.61. The fourth-order valence-electron chi connectivity index (χ4n) is 2.47. The second-order valence-corrected chi connectivity index (χ2v) is 5.13. The molecular formula is C14H22N4O2. The SMILES string of the molecule is CCN(CCN1CCCC1)c1nc(C)cc(C(=O)O)n1. The van der Waals surface area contributed by atoms with Gasteiger partial charge in [-0.05, 0) is 45.8 Å². The summed E-state index contributed by atoms with van der Waals surface area (Å²) in [7, 11) is 0. The van der Waals surface area contributed by atoms with Crippen molar-refractivity contribution in [3.8, 4) is 0 Å². The first kappa shape index (κ1) is 14.7. The van der Waals surface area contributed by atoms with Gasteiger partial charge in [0.25, 0.3) is 0 Å². The maximum Gasteiger partial charge on any atom is 0.354 e. The van der Waals surface area contributed by atoms with E-state index >= 15 is 0 Å². The molecule has 0 aromatic carbocycles. The van der Waals surface area contributed by atoms with Crippen molar-refractivity contribution >= 4 is 11.9 Å². The molecule has 0 bridgehead atoms. The zero-order valence-corrected chi connectivity index (χ0v) is 12.2. The van der Waals surface area contributed by atoms with Gasteiger partial charge in [-0.3, -0.25) is 0 Å². The van der Waals surface area contributed by atoms with Crippen LogP contribution in [-0.4, -0.2) is 58.7 Å². The first-order valence-electron chi connectivity index (χ1n) is 7.16. The van der Waals surface area contributed by atoms with Crippen LogP contribution in [0.4, 0.5) is 5.95 Å². The van der Waals surface area contributed by atoms with Gasteiger partial charge in [0.05, 0.1) is 0 Å². The molecule has 0 aliphatic carbocycles. The van der Waals surface area contributed by atoms with Crippen LogP contribution in [0.1, 0.15) is 35.9 Å². The second-order valence-electron chi connectivity index (χ2n) is 5.13. The number of carbonyl (C=O) groups is 1. The summed E-state index contributed by atoms with van der Waals surface area (Å²) in [4.78, 5) is 24.0. The number of hydrogen-bond acceptors (Lipinski definition) is 5. The lowest BCUT2D eigenvalue weighted by Gasteiger charge is -2.24. The number of likely N-dealkylation sites (tertiary alicyclic amines) is 1. The molecule has 1 aromatic heterocycles. The maximum atomic E-state index is 11.1. The van der Waals surface area contributed by atoms with E-state index in [1.54, 1.807) is 6.92 Å². The monoisotopic (exact) mass is 278 g/mol. The average molecular weight is 278 g/mol. The van der Waals surface area contributed by atoms with Gasteiger partial charge in [0, 0.05) is 25.3 Å². The van der Waals surface area contributed by atoms with E-state index in [0.29, 0.717) is 11.6 Å². The quantitative estimate of drug-likeness (QED) is 0.848. The van der Waals surface area contributed by atoms with Crippen molar-refractivity contribution in [3.63, 3.8) is 0 Å². The first-order valence-corrected chi connectivity index (χ1v) is 7.16. The molecule has 0 saturated carbocycles. The predicted molar refractivity (Wildman–Crippen MR) is 77.3 cm³/mol. The molecule has 2 rings (SSSR count). The molecule has 1 aliphatic rings. The van der Waals surface area contributed by atoms with Gasteiger partial charge in [-0.2, -0.15) is 0 Å². The third kappa shape index (κ3) is 3.66. The van der Waals surface area contributed by atoms with Crippen LogP contribution in [0.15, 0.2) is 6.07 Å². The van der Waals surface area contributed by atoms with Crippen LogP contribution >= 0.6 is 0 Å². The van der Waals surface area contributed by atoms with Crippen LogP contribution in [0.5, 0.6) is 0 Å². The number of hydrogen-bond donors (Lipinski definition) is 1. The Morgan fingerprint density at radius 1 is 1.40 bits per heavy atom. The normalized spacial score (nSPS) is 15.5. The molecule has 0 atom stereocenters. The standard InChI is InChI=1S/C14H22N4O2/c1-3-18(9-8-17-6-4-5-7-17)14-15-11(2)10-12(16-14)13(19)20/h10H,3-9H2,1-2H3,(H,19,20). The first-order chi connectivity index (χ1) is 9.60. The fraction of sp³-hybridized carbons (Fsp3) is 0.643. The fourth-order valence-corrected chi connectivity index (χ4v) is 2.47. The zero-order chi connectivity index (χ0) is 14.5. The summed E-state index contributed by atoms with van der Waals surface area (Å²) < 4.78 is 0. The van der Waals surface area contributed by atoms with Crippen LogP contribution in [-0.2, 0) is 0 Å². The highest BCUT2D eigenvalue weighted by molar-refractivity contribution is 5.85. The molecule has 1 fully saturated rings. The molecule has 1 saturated heterocycles. The summed E-state index contributed by atoms with van der Waals surface area (Å²) >= 11 is 0. The number of anilines is 1. The molecule has 2 heterocycles. The molecule has 0 amide bonds. The van der Waals surface area contributed by atoms with Crippen LogP contribution < -0.4 is 4.90 Å². The molecule has 1 N–H and O–H groups in total. The average Bonchev–Trinajstić information content (AvgIpc) is 2.92. The topological polar surface area (TPSA) is 69.6 Å². The van der Waals surface area contributed by atoms with Crippen molar-refractivity contribution in [2.75, 3.05) is 37.6 Å². The summed E-state index contributed by atoms with van der Waals surface area (Å²) in [5, 5.41) is 9.07. The lowest BCUT2D eigenvalue weighted by Crippen LogP contribution is -2.35. The summed E-state index contributed by atoms with van der Waals surface area (Å²) in [6.45, 7) is 8.74. The smallest absolute Gasteiger partial charge is 0.354 e. The number of aryl methyl sites for hydroxylation is 1. The van der Waals surface area contributed by atoms with Crippen molar-refractivity contribution in [2.24, 2.45) is 0 Å². The van der Waals surface area contributed by atoms with Gasteiger partial charge < -0.3 is 14.9 Å². The largest absolute Gasteiger partial charge is 0.477 e. The summed E-state index contributed by atoms with van der Waals surface area (Å²) in [5.74, 6) is -0.489. The van der Waals surface area contributed by atoms with E-state index in [1.165, 1.54) is 18.9 Å². The Balaban J connectivity index is 2.07. The number of carboxylic acid groups (broad SMARTS) is 1. The highest BCUT2D eigenvalue weighted by Gasteiger charge is 2.16. The number of rotatable bonds is 6. The van der Waals surface area contributed by atoms with E-state index in [1.807, 2.05) is 11.8 Å². The van der Waals surface area contributed by atoms with Crippen LogP contribution in [0.25, 0.3) is 0 Å². The number of carboxylic acids is 1. The molecular weight excluding hydrogens is 256 g/mol. The van der Waals surface area contributed by atoms with E-state index in [2.05, 4.69) is 14.9 Å². The van der Waals surface area contributed by atoms with Gasteiger partial charge >= 0.3 is 5.97 Å². The third-order valence-electron chi connectivity index (χ3n) is 3.61. The highest BCUT2D eigenvalue weighted by atomic mass is 16.4. The van der Waals surface area contributed by atoms with Crippen LogP contribution in [0, 0.1) is 6.92 Å². The van der Waals surface area contributed by atoms with Crippen molar-refractivity contribution in [1.82, 2.24) is 14.9 Å². The Bertz CT molecular complexity index is 472. The van der Waals surface area contributed by atoms with Gasteiger partial charge in [0.15, 0.2) is 5.69 Å². The van der Waals surface area contributed by atoms with Gasteiger partial charge in [-0.15, -0.1) is 0 Å². The minimum atomic E-state index is -1.01. The number of aromatic nitrogens is 2. The van der Waals surface area contributed by atoms with E-state index in [4.69, 9.17) is 5.11 Å². The predicted octanol–water partition coefficient (Wildman–Crippen LogP) is 1.41. The van der Waals surface area contributed by atoms with Crippen molar-refractivity contribution in [3.05, 3.63) is 17.5 Å². The van der Waals surface area contributed by atoms with Gasteiger partial charge in [-0.25, -0.2) is 14.8 Å². The lowest BCUT2D eigenvalue weighted by molar-refractivity contribution is 0.0690. The minimum absolute atomic E-state index is 0.0622. The Hall–Kier alpha value is -1.69. The van der Waals surface area contributed by atoms with Crippen LogP contribution in [0.3, 0.4) is 0 Å². The van der Waals surface area contributed by atoms with Crippen molar-refractivity contribution in [1.29, 1.82) is 0 Å². The second kappa shape index (κ2) is 6.65. The number of aromatic carboxylic acids is 1. The Labute approximate surface area is 119 Å². The Morgan fingerprint density at radius 2 is 2.10 bits per heavy atom. The van der Waals surface area contributed by atoms with Gasteiger partial charge in [0.1, 0.15) is 0 Å². The van der Waals surface area contributed by atoms with E-state index in [9.17, 15) is 4.79 Å². The summed E-state index contributed by atoms with van der Waals surface area (Å²) in [6.07, 6.45) is 2.55. The maximum absolute atomic E-state index is 11.1. The summed E-state index contributed by atoms with van der Waals surface area (Å²) in [6, 6.07) is 1.50. The molecule has 0 spiro atoms. The highest BCUT2D eigenvalue weighted by Crippen LogP contribution is 2.12.